The van der Waals surface area contributed by atoms with E-state index in [9.17, 15) is 4.79 Å². The van der Waals surface area contributed by atoms with E-state index in [2.05, 4.69) is 20.3 Å². The second-order valence-electron chi connectivity index (χ2n) is 5.17. The predicted octanol–water partition coefficient (Wildman–Crippen LogP) is 0.504. The third kappa shape index (κ3) is 3.28. The van der Waals surface area contributed by atoms with Gasteiger partial charge in [0.25, 0.3) is 0 Å². The second kappa shape index (κ2) is 6.61. The van der Waals surface area contributed by atoms with Gasteiger partial charge in [0.2, 0.25) is 5.91 Å². The molecule has 116 valence electrons. The third-order valence-electron chi connectivity index (χ3n) is 3.58. The van der Waals surface area contributed by atoms with E-state index in [0.717, 1.165) is 24.2 Å². The van der Waals surface area contributed by atoms with Gasteiger partial charge in [0.05, 0.1) is 12.7 Å². The van der Waals surface area contributed by atoms with Crippen molar-refractivity contribution in [2.75, 3.05) is 20.2 Å². The average Bonchev–Trinajstić information content (AvgIpc) is 3.15. The van der Waals surface area contributed by atoms with Crippen LogP contribution in [0, 0.1) is 0 Å². The van der Waals surface area contributed by atoms with E-state index >= 15 is 0 Å². The number of hydrogen-bond acceptors (Lipinski definition) is 6. The summed E-state index contributed by atoms with van der Waals surface area (Å²) in [5.74, 6) is 0.855. The molecule has 1 fully saturated rings. The van der Waals surface area contributed by atoms with Crippen molar-refractivity contribution >= 4 is 5.91 Å². The van der Waals surface area contributed by atoms with Gasteiger partial charge in [-0.05, 0) is 6.42 Å². The molecule has 0 aliphatic carbocycles. The van der Waals surface area contributed by atoms with Crippen LogP contribution in [0.15, 0.2) is 18.6 Å². The van der Waals surface area contributed by atoms with E-state index < -0.39 is 0 Å². The summed E-state index contributed by atoms with van der Waals surface area (Å²) in [6.45, 7) is 2.54. The fourth-order valence-electron chi connectivity index (χ4n) is 2.39. The maximum atomic E-state index is 11.6. The minimum Gasteiger partial charge on any atom is -0.377 e. The Bertz CT molecular complexity index is 639. The topological polar surface area (TPSA) is 86.0 Å². The monoisotopic (exact) mass is 302 g/mol. The van der Waals surface area contributed by atoms with Crippen molar-refractivity contribution in [3.05, 3.63) is 24.4 Å². The maximum Gasteiger partial charge on any atom is 0.222 e. The number of hydrogen-bond donors (Lipinski definition) is 0. The number of methoxy groups -OCH3 is 1. The zero-order valence-electron chi connectivity index (χ0n) is 12.5. The summed E-state index contributed by atoms with van der Waals surface area (Å²) in [6, 6.07) is 0. The van der Waals surface area contributed by atoms with Crippen LogP contribution >= 0.6 is 0 Å². The lowest BCUT2D eigenvalue weighted by Crippen LogP contribution is -2.28. The molecule has 8 heteroatoms. The molecule has 0 unspecified atom stereocenters. The molecule has 3 heterocycles. The Hall–Kier alpha value is -2.35. The van der Waals surface area contributed by atoms with Gasteiger partial charge in [0.15, 0.2) is 5.82 Å². The molecule has 0 radical (unpaired) electrons. The van der Waals surface area contributed by atoms with Crippen molar-refractivity contribution in [3.63, 3.8) is 0 Å². The minimum atomic E-state index is 0.225. The number of nitrogens with zero attached hydrogens (tertiary/aromatic N) is 6. The Balaban J connectivity index is 1.61. The van der Waals surface area contributed by atoms with E-state index in [1.54, 1.807) is 24.2 Å². The molecule has 1 aliphatic heterocycles. The van der Waals surface area contributed by atoms with Gasteiger partial charge in [0.1, 0.15) is 12.3 Å². The summed E-state index contributed by atoms with van der Waals surface area (Å²) >= 11 is 0. The Morgan fingerprint density at radius 3 is 2.77 bits per heavy atom. The van der Waals surface area contributed by atoms with Gasteiger partial charge in [-0.2, -0.15) is 0 Å². The molecule has 0 saturated carbocycles. The van der Waals surface area contributed by atoms with Gasteiger partial charge >= 0.3 is 0 Å². The number of aromatic nitrogens is 5. The van der Waals surface area contributed by atoms with Gasteiger partial charge < -0.3 is 9.64 Å². The number of ether oxygens (including phenoxy) is 1. The number of rotatable bonds is 6. The first-order valence-electron chi connectivity index (χ1n) is 7.24. The summed E-state index contributed by atoms with van der Waals surface area (Å²) < 4.78 is 6.72. The number of amides is 1. The highest BCUT2D eigenvalue weighted by Crippen LogP contribution is 2.14. The standard InChI is InChI=1S/C14H18N6O2/c1-22-10-13-15-7-11(8-16-13)12-9-20(18-17-12)6-5-19-4-2-3-14(19)21/h7-9H,2-6,10H2,1H3. The van der Waals surface area contributed by atoms with Crippen LogP contribution in [0.3, 0.4) is 0 Å². The normalized spacial score (nSPS) is 14.8. The van der Waals surface area contributed by atoms with Crippen LogP contribution < -0.4 is 0 Å². The zero-order valence-corrected chi connectivity index (χ0v) is 12.5. The lowest BCUT2D eigenvalue weighted by atomic mass is 10.3. The molecule has 2 aromatic rings. The van der Waals surface area contributed by atoms with Crippen LogP contribution in [-0.4, -0.2) is 56.0 Å². The highest BCUT2D eigenvalue weighted by Gasteiger charge is 2.19. The molecule has 1 amide bonds. The summed E-state index contributed by atoms with van der Waals surface area (Å²) in [7, 11) is 1.61. The second-order valence-corrected chi connectivity index (χ2v) is 5.17. The molecular formula is C14H18N6O2. The first-order valence-corrected chi connectivity index (χ1v) is 7.24. The number of carbonyl (C=O) groups excluding carboxylic acids is 1. The minimum absolute atomic E-state index is 0.225. The molecule has 0 N–H and O–H groups in total. The quantitative estimate of drug-likeness (QED) is 0.772. The van der Waals surface area contributed by atoms with E-state index in [4.69, 9.17) is 4.74 Å². The lowest BCUT2D eigenvalue weighted by molar-refractivity contribution is -0.127. The van der Waals surface area contributed by atoms with E-state index in [0.29, 0.717) is 31.9 Å². The van der Waals surface area contributed by atoms with Crippen molar-refractivity contribution in [1.29, 1.82) is 0 Å². The average molecular weight is 302 g/mol. The van der Waals surface area contributed by atoms with Gasteiger partial charge in [0, 0.05) is 44.6 Å². The van der Waals surface area contributed by atoms with E-state index in [1.807, 2.05) is 11.1 Å². The lowest BCUT2D eigenvalue weighted by Gasteiger charge is -2.14. The zero-order chi connectivity index (χ0) is 15.4. The highest BCUT2D eigenvalue weighted by atomic mass is 16.5. The molecule has 0 spiro atoms. The molecule has 2 aromatic heterocycles. The maximum absolute atomic E-state index is 11.6. The summed E-state index contributed by atoms with van der Waals surface area (Å²) in [6.07, 6.45) is 6.87. The smallest absolute Gasteiger partial charge is 0.222 e. The van der Waals surface area contributed by atoms with Gasteiger partial charge in [-0.1, -0.05) is 5.21 Å². The highest BCUT2D eigenvalue weighted by molar-refractivity contribution is 5.77. The number of carbonyl (C=O) groups is 1. The largest absolute Gasteiger partial charge is 0.377 e. The Morgan fingerprint density at radius 2 is 2.09 bits per heavy atom. The summed E-state index contributed by atoms with van der Waals surface area (Å²) in [4.78, 5) is 21.8. The van der Waals surface area contributed by atoms with Crippen molar-refractivity contribution < 1.29 is 9.53 Å². The fourth-order valence-corrected chi connectivity index (χ4v) is 2.39. The summed E-state index contributed by atoms with van der Waals surface area (Å²) in [5.41, 5.74) is 1.53. The Labute approximate surface area is 128 Å². The molecule has 1 saturated heterocycles. The molecule has 3 rings (SSSR count). The van der Waals surface area contributed by atoms with Gasteiger partial charge in [-0.25, -0.2) is 9.97 Å². The van der Waals surface area contributed by atoms with Crippen molar-refractivity contribution in [2.24, 2.45) is 0 Å². The van der Waals surface area contributed by atoms with E-state index in [1.165, 1.54) is 0 Å². The van der Waals surface area contributed by atoms with Crippen LogP contribution in [-0.2, 0) is 22.7 Å². The predicted molar refractivity (Wildman–Crippen MR) is 77.6 cm³/mol. The van der Waals surface area contributed by atoms with Crippen LogP contribution in [0.4, 0.5) is 0 Å². The Kier molecular flexibility index (Phi) is 4.38. The molecular weight excluding hydrogens is 284 g/mol. The van der Waals surface area contributed by atoms with Crippen LogP contribution in [0.25, 0.3) is 11.3 Å². The SMILES string of the molecule is COCc1ncc(-c2cn(CCN3CCCC3=O)nn2)cn1. The van der Waals surface area contributed by atoms with Crippen molar-refractivity contribution in [2.45, 2.75) is 26.0 Å². The van der Waals surface area contributed by atoms with Gasteiger partial charge in [-0.3, -0.25) is 9.48 Å². The molecule has 0 bridgehead atoms. The summed E-state index contributed by atoms with van der Waals surface area (Å²) in [5, 5.41) is 8.21. The van der Waals surface area contributed by atoms with Crippen LogP contribution in [0.1, 0.15) is 18.7 Å². The fraction of sp³-hybridized carbons (Fsp3) is 0.500. The molecule has 8 nitrogen and oxygen atoms in total. The first-order chi connectivity index (χ1) is 10.8. The Morgan fingerprint density at radius 1 is 1.27 bits per heavy atom. The first kappa shape index (κ1) is 14.6. The van der Waals surface area contributed by atoms with Crippen molar-refractivity contribution in [3.8, 4) is 11.3 Å². The van der Waals surface area contributed by atoms with Crippen molar-refractivity contribution in [1.82, 2.24) is 29.9 Å². The third-order valence-corrected chi connectivity index (χ3v) is 3.58. The van der Waals surface area contributed by atoms with Crippen LogP contribution in [0.2, 0.25) is 0 Å². The molecule has 0 aromatic carbocycles. The van der Waals surface area contributed by atoms with Gasteiger partial charge in [-0.15, -0.1) is 5.10 Å². The number of likely N-dealkylation sites (tertiary alicyclic amines) is 1. The molecule has 1 aliphatic rings. The molecule has 22 heavy (non-hydrogen) atoms. The molecule has 0 atom stereocenters. The van der Waals surface area contributed by atoms with E-state index in [-0.39, 0.29) is 5.91 Å². The van der Waals surface area contributed by atoms with Crippen LogP contribution in [0.5, 0.6) is 0 Å².